The third kappa shape index (κ3) is 4.07. The number of rotatable bonds is 6. The second kappa shape index (κ2) is 7.73. The molecule has 0 saturated carbocycles. The van der Waals surface area contributed by atoms with Gasteiger partial charge in [-0.25, -0.2) is 14.1 Å². The Balaban J connectivity index is 3.38. The van der Waals surface area contributed by atoms with Crippen LogP contribution in [-0.2, 0) is 14.1 Å². The molecule has 0 radical (unpaired) electrons. The van der Waals surface area contributed by atoms with Crippen LogP contribution in [0.5, 0.6) is 0 Å². The monoisotopic (exact) mass is 324 g/mol. The summed E-state index contributed by atoms with van der Waals surface area (Å²) >= 11 is 0. The van der Waals surface area contributed by atoms with Crippen LogP contribution < -0.4 is 5.30 Å². The van der Waals surface area contributed by atoms with E-state index in [0.29, 0.717) is 11.9 Å². The highest BCUT2D eigenvalue weighted by Gasteiger charge is 2.32. The lowest BCUT2D eigenvalue weighted by molar-refractivity contribution is -0.137. The van der Waals surface area contributed by atoms with Gasteiger partial charge >= 0.3 is 5.97 Å². The van der Waals surface area contributed by atoms with Crippen molar-refractivity contribution < 1.29 is 14.1 Å². The molecule has 0 aliphatic heterocycles. The zero-order valence-corrected chi connectivity index (χ0v) is 15.1. The summed E-state index contributed by atoms with van der Waals surface area (Å²) in [5.74, 6) is -0.403. The van der Waals surface area contributed by atoms with Gasteiger partial charge < -0.3 is 4.74 Å². The second-order valence-corrected chi connectivity index (χ2v) is 8.56. The minimum Gasteiger partial charge on any atom is -0.463 e. The number of esters is 1. The fourth-order valence-corrected chi connectivity index (χ4v) is 4.53. The van der Waals surface area contributed by atoms with Crippen molar-refractivity contribution in [2.45, 2.75) is 13.8 Å². The van der Waals surface area contributed by atoms with E-state index in [-0.39, 0.29) is 0 Å². The third-order valence-corrected chi connectivity index (χ3v) is 6.47. The van der Waals surface area contributed by atoms with Crippen molar-refractivity contribution in [2.24, 2.45) is 0 Å². The van der Waals surface area contributed by atoms with E-state index in [2.05, 4.69) is 0 Å². The number of nitrogens with zero attached hydrogens (tertiary/aromatic N) is 2. The number of benzene rings is 1. The molecule has 1 aromatic rings. The fraction of sp³-hybridized carbons (Fsp3) is 0.438. The number of carbonyl (C=O) groups is 1. The third-order valence-electron chi connectivity index (χ3n) is 3.27. The summed E-state index contributed by atoms with van der Waals surface area (Å²) < 4.78 is 21.8. The number of aryl methyl sites for hydroxylation is 1. The fourth-order valence-electron chi connectivity index (χ4n) is 2.21. The Labute approximate surface area is 133 Å². The van der Waals surface area contributed by atoms with E-state index < -0.39 is 13.4 Å². The van der Waals surface area contributed by atoms with E-state index in [1.54, 1.807) is 50.5 Å². The van der Waals surface area contributed by atoms with Crippen LogP contribution in [0.3, 0.4) is 0 Å². The standard InChI is InChI=1S/C16H25N2O3P/c1-7-21-16(19)11-9-14-12-13(2)8-10-15(14)22(20,17(3)4)18(5)6/h8-12H,7H2,1-6H3/b11-9+. The van der Waals surface area contributed by atoms with Crippen molar-refractivity contribution in [3.05, 3.63) is 35.4 Å². The molecule has 0 atom stereocenters. The van der Waals surface area contributed by atoms with Crippen LogP contribution in [0.4, 0.5) is 0 Å². The van der Waals surface area contributed by atoms with E-state index in [1.807, 2.05) is 25.1 Å². The van der Waals surface area contributed by atoms with Gasteiger partial charge in [0.25, 0.3) is 0 Å². The zero-order valence-electron chi connectivity index (χ0n) is 14.2. The molecule has 122 valence electrons. The smallest absolute Gasteiger partial charge is 0.330 e. The lowest BCUT2D eigenvalue weighted by Crippen LogP contribution is -2.30. The summed E-state index contributed by atoms with van der Waals surface area (Å²) in [6, 6.07) is 5.71. The molecule has 0 aromatic heterocycles. The number of ether oxygens (including phenoxy) is 1. The zero-order chi connectivity index (χ0) is 16.9. The summed E-state index contributed by atoms with van der Waals surface area (Å²) in [7, 11) is 4.28. The van der Waals surface area contributed by atoms with E-state index in [1.165, 1.54) is 6.08 Å². The molecule has 0 amide bonds. The van der Waals surface area contributed by atoms with Crippen molar-refractivity contribution in [1.82, 2.24) is 9.34 Å². The molecule has 0 N–H and O–H groups in total. The van der Waals surface area contributed by atoms with Gasteiger partial charge in [0.15, 0.2) is 0 Å². The lowest BCUT2D eigenvalue weighted by Gasteiger charge is -2.32. The molecule has 1 rings (SSSR count). The molecule has 0 saturated heterocycles. The van der Waals surface area contributed by atoms with Gasteiger partial charge in [0.05, 0.1) is 6.61 Å². The molecule has 0 heterocycles. The van der Waals surface area contributed by atoms with Crippen molar-refractivity contribution in [2.75, 3.05) is 34.8 Å². The molecule has 0 spiro atoms. The van der Waals surface area contributed by atoms with Crippen LogP contribution in [0.2, 0.25) is 0 Å². The number of hydrogen-bond acceptors (Lipinski definition) is 3. The van der Waals surface area contributed by atoms with Gasteiger partial charge in [-0.2, -0.15) is 0 Å². The average molecular weight is 324 g/mol. The molecule has 0 aliphatic carbocycles. The molecule has 0 bridgehead atoms. The number of hydrogen-bond donors (Lipinski definition) is 0. The van der Waals surface area contributed by atoms with E-state index in [4.69, 9.17) is 4.74 Å². The topological polar surface area (TPSA) is 49.9 Å². The molecule has 0 unspecified atom stereocenters. The van der Waals surface area contributed by atoms with Crippen molar-refractivity contribution in [3.63, 3.8) is 0 Å². The first-order chi connectivity index (χ1) is 10.2. The molecule has 0 aliphatic rings. The molecule has 0 fully saturated rings. The Morgan fingerprint density at radius 1 is 1.23 bits per heavy atom. The lowest BCUT2D eigenvalue weighted by atomic mass is 10.1. The Kier molecular flexibility index (Phi) is 6.54. The van der Waals surface area contributed by atoms with Crippen LogP contribution in [0.15, 0.2) is 24.3 Å². The first-order valence-electron chi connectivity index (χ1n) is 7.15. The van der Waals surface area contributed by atoms with E-state index in [9.17, 15) is 9.36 Å². The largest absolute Gasteiger partial charge is 0.463 e. The minimum atomic E-state index is -2.89. The SMILES string of the molecule is CCOC(=O)/C=C/c1cc(C)ccc1P(=O)(N(C)C)N(C)C. The van der Waals surface area contributed by atoms with Crippen LogP contribution in [0.25, 0.3) is 6.08 Å². The number of carbonyl (C=O) groups excluding carboxylic acids is 1. The highest BCUT2D eigenvalue weighted by molar-refractivity contribution is 7.67. The summed E-state index contributed by atoms with van der Waals surface area (Å²) in [6.45, 7) is 4.05. The molecule has 6 heteroatoms. The van der Waals surface area contributed by atoms with Crippen molar-refractivity contribution >= 4 is 24.8 Å². The Morgan fingerprint density at radius 2 is 1.82 bits per heavy atom. The summed E-state index contributed by atoms with van der Waals surface area (Å²) in [5.41, 5.74) is 1.80. The maximum absolute atomic E-state index is 13.4. The molecule has 5 nitrogen and oxygen atoms in total. The molecular weight excluding hydrogens is 299 g/mol. The van der Waals surface area contributed by atoms with Crippen LogP contribution in [0.1, 0.15) is 18.1 Å². The first kappa shape index (κ1) is 18.6. The van der Waals surface area contributed by atoms with Gasteiger partial charge in [-0.1, -0.05) is 17.7 Å². The summed E-state index contributed by atoms with van der Waals surface area (Å²) in [4.78, 5) is 11.5. The van der Waals surface area contributed by atoms with Gasteiger partial charge in [-0.3, -0.25) is 4.57 Å². The minimum absolute atomic E-state index is 0.331. The first-order valence-corrected chi connectivity index (χ1v) is 8.76. The molecular formula is C16H25N2O3P. The normalized spacial score (nSPS) is 12.4. The average Bonchev–Trinajstić information content (AvgIpc) is 2.44. The predicted octanol–water partition coefficient (Wildman–Crippen LogP) is 2.51. The Morgan fingerprint density at radius 3 is 2.32 bits per heavy atom. The van der Waals surface area contributed by atoms with Crippen LogP contribution >= 0.6 is 7.44 Å². The Hall–Kier alpha value is -1.42. The van der Waals surface area contributed by atoms with Crippen molar-refractivity contribution in [1.29, 1.82) is 0 Å². The molecule has 1 aromatic carbocycles. The van der Waals surface area contributed by atoms with Gasteiger partial charge in [-0.15, -0.1) is 0 Å². The predicted molar refractivity (Wildman–Crippen MR) is 91.5 cm³/mol. The van der Waals surface area contributed by atoms with Crippen LogP contribution in [-0.4, -0.2) is 50.1 Å². The quantitative estimate of drug-likeness (QED) is 0.457. The Bertz CT molecular complexity index is 597. The summed E-state index contributed by atoms with van der Waals surface area (Å²) in [5, 5.41) is 0.702. The summed E-state index contributed by atoms with van der Waals surface area (Å²) in [6.07, 6.45) is 3.04. The van der Waals surface area contributed by atoms with Crippen molar-refractivity contribution in [3.8, 4) is 0 Å². The second-order valence-electron chi connectivity index (χ2n) is 5.39. The van der Waals surface area contributed by atoms with E-state index in [0.717, 1.165) is 11.1 Å². The van der Waals surface area contributed by atoms with Gasteiger partial charge in [0, 0.05) is 11.4 Å². The molecule has 22 heavy (non-hydrogen) atoms. The van der Waals surface area contributed by atoms with Gasteiger partial charge in [-0.05, 0) is 59.7 Å². The van der Waals surface area contributed by atoms with Gasteiger partial charge in [0.1, 0.15) is 0 Å². The van der Waals surface area contributed by atoms with Gasteiger partial charge in [0.2, 0.25) is 7.44 Å². The maximum atomic E-state index is 13.4. The van der Waals surface area contributed by atoms with E-state index >= 15 is 0 Å². The maximum Gasteiger partial charge on any atom is 0.330 e. The highest BCUT2D eigenvalue weighted by Crippen LogP contribution is 2.49. The van der Waals surface area contributed by atoms with Crippen LogP contribution in [0, 0.1) is 6.92 Å². The highest BCUT2D eigenvalue weighted by atomic mass is 31.2.